The van der Waals surface area contributed by atoms with Gasteiger partial charge < -0.3 is 15.8 Å². The van der Waals surface area contributed by atoms with Crippen LogP contribution in [0, 0.1) is 0 Å². The van der Waals surface area contributed by atoms with Crippen LogP contribution in [0.4, 0.5) is 0 Å². The van der Waals surface area contributed by atoms with Crippen LogP contribution in [0.3, 0.4) is 0 Å². The number of guanidine groups is 1. The van der Waals surface area contributed by atoms with Gasteiger partial charge in [0.05, 0.1) is 30.9 Å². The first-order valence-electron chi connectivity index (χ1n) is 9.12. The smallest absolute Gasteiger partial charge is 0.189 e. The second-order valence-electron chi connectivity index (χ2n) is 6.80. The molecule has 1 aliphatic carbocycles. The molecule has 1 aromatic heterocycles. The molecule has 0 amide bonds. The third kappa shape index (κ3) is 4.31. The number of hydrogen-bond donors (Lipinski definition) is 2. The maximum atomic E-state index is 6.10. The molecule has 1 unspecified atom stereocenters. The first-order chi connectivity index (χ1) is 12.3. The zero-order valence-electron chi connectivity index (χ0n) is 14.8. The summed E-state index contributed by atoms with van der Waals surface area (Å²) in [6.45, 7) is 1.19. The minimum Gasteiger partial charge on any atom is -0.493 e. The summed E-state index contributed by atoms with van der Waals surface area (Å²) in [4.78, 5) is 4.47. The van der Waals surface area contributed by atoms with E-state index in [4.69, 9.17) is 10.5 Å². The number of hydrogen-bond acceptors (Lipinski definition) is 3. The molecule has 1 aliphatic heterocycles. The Labute approximate surface area is 171 Å². The van der Waals surface area contributed by atoms with E-state index in [-0.39, 0.29) is 30.0 Å². The van der Waals surface area contributed by atoms with E-state index in [2.05, 4.69) is 32.4 Å². The minimum atomic E-state index is 0. The normalized spacial score (nSPS) is 20.2. The van der Waals surface area contributed by atoms with Gasteiger partial charge in [0.25, 0.3) is 0 Å². The third-order valence-corrected chi connectivity index (χ3v) is 5.05. The van der Waals surface area contributed by atoms with Crippen molar-refractivity contribution in [2.75, 3.05) is 6.61 Å². The number of ether oxygens (including phenoxy) is 1. The number of nitrogens with two attached hydrogens (primary N) is 1. The van der Waals surface area contributed by atoms with Gasteiger partial charge in [-0.15, -0.1) is 24.0 Å². The van der Waals surface area contributed by atoms with Crippen molar-refractivity contribution in [3.63, 3.8) is 0 Å². The fraction of sp³-hybridized carbons (Fsp3) is 0.474. The standard InChI is InChI=1S/C19H25N5O.HI/c20-19(22-17-10-12-25-18-8-4-3-7-16(17)18)21-13-14-9-11-24(23-14)15-5-1-2-6-15;/h3-4,7-9,11,15,17H,1-2,5-6,10,12-13H2,(H3,20,21,22);1H. The van der Waals surface area contributed by atoms with Crippen LogP contribution < -0.4 is 15.8 Å². The molecule has 1 aromatic carbocycles. The number of fused-ring (bicyclic) bond motifs is 1. The lowest BCUT2D eigenvalue weighted by molar-refractivity contribution is 0.262. The molecule has 0 spiro atoms. The van der Waals surface area contributed by atoms with Crippen LogP contribution in [0.15, 0.2) is 41.5 Å². The van der Waals surface area contributed by atoms with Gasteiger partial charge in [0, 0.05) is 18.2 Å². The minimum absolute atomic E-state index is 0. The Morgan fingerprint density at radius 2 is 2.04 bits per heavy atom. The molecule has 0 bridgehead atoms. The summed E-state index contributed by atoms with van der Waals surface area (Å²) >= 11 is 0. The molecular formula is C19H26IN5O. The Hall–Kier alpha value is -1.77. The molecule has 2 heterocycles. The molecule has 1 atom stereocenters. The first-order valence-corrected chi connectivity index (χ1v) is 9.12. The van der Waals surface area contributed by atoms with Crippen LogP contribution >= 0.6 is 24.0 Å². The van der Waals surface area contributed by atoms with E-state index in [1.165, 1.54) is 25.7 Å². The number of benzene rings is 1. The van der Waals surface area contributed by atoms with Crippen molar-refractivity contribution in [1.82, 2.24) is 15.1 Å². The number of aromatic nitrogens is 2. The summed E-state index contributed by atoms with van der Waals surface area (Å²) in [5.74, 6) is 1.38. The summed E-state index contributed by atoms with van der Waals surface area (Å²) in [5, 5.41) is 7.97. The fourth-order valence-electron chi connectivity index (χ4n) is 3.72. The van der Waals surface area contributed by atoms with Gasteiger partial charge in [0.15, 0.2) is 5.96 Å². The van der Waals surface area contributed by atoms with E-state index >= 15 is 0 Å². The predicted molar refractivity (Wildman–Crippen MR) is 113 cm³/mol. The largest absolute Gasteiger partial charge is 0.493 e. The number of nitrogens with zero attached hydrogens (tertiary/aromatic N) is 3. The van der Waals surface area contributed by atoms with Gasteiger partial charge in [0.2, 0.25) is 0 Å². The van der Waals surface area contributed by atoms with Crippen molar-refractivity contribution in [1.29, 1.82) is 0 Å². The van der Waals surface area contributed by atoms with Crippen molar-refractivity contribution in [2.24, 2.45) is 10.7 Å². The predicted octanol–water partition coefficient (Wildman–Crippen LogP) is 3.54. The molecule has 3 N–H and O–H groups in total. The van der Waals surface area contributed by atoms with E-state index < -0.39 is 0 Å². The zero-order chi connectivity index (χ0) is 17.1. The molecule has 2 aliphatic rings. The van der Waals surface area contributed by atoms with Crippen molar-refractivity contribution in [3.8, 4) is 5.75 Å². The van der Waals surface area contributed by atoms with Crippen molar-refractivity contribution >= 4 is 29.9 Å². The Balaban J connectivity index is 0.00000196. The van der Waals surface area contributed by atoms with Gasteiger partial charge in [-0.25, -0.2) is 4.99 Å². The number of rotatable bonds is 4. The number of halogens is 1. The SMILES string of the molecule is I.NC(=NCc1ccn(C2CCCC2)n1)NC1CCOc2ccccc21. The summed E-state index contributed by atoms with van der Waals surface area (Å²) in [6, 6.07) is 10.8. The Kier molecular flexibility index (Phi) is 6.39. The highest BCUT2D eigenvalue weighted by Gasteiger charge is 2.21. The van der Waals surface area contributed by atoms with Crippen molar-refractivity contribution < 1.29 is 4.74 Å². The summed E-state index contributed by atoms with van der Waals surface area (Å²) < 4.78 is 7.78. The highest BCUT2D eigenvalue weighted by Crippen LogP contribution is 2.31. The third-order valence-electron chi connectivity index (χ3n) is 5.05. The fourth-order valence-corrected chi connectivity index (χ4v) is 3.72. The van der Waals surface area contributed by atoms with Crippen molar-refractivity contribution in [2.45, 2.75) is 50.7 Å². The highest BCUT2D eigenvalue weighted by atomic mass is 127. The lowest BCUT2D eigenvalue weighted by atomic mass is 10.0. The number of para-hydroxylation sites is 1. The Bertz CT molecular complexity index is 754. The maximum absolute atomic E-state index is 6.10. The van der Waals surface area contributed by atoms with Crippen LogP contribution in [0.5, 0.6) is 5.75 Å². The van der Waals surface area contributed by atoms with Crippen LogP contribution in [-0.4, -0.2) is 22.3 Å². The molecule has 7 heteroatoms. The van der Waals surface area contributed by atoms with E-state index in [0.29, 0.717) is 25.2 Å². The lowest BCUT2D eigenvalue weighted by Crippen LogP contribution is -2.37. The average molecular weight is 467 g/mol. The van der Waals surface area contributed by atoms with Crippen LogP contribution in [0.2, 0.25) is 0 Å². The monoisotopic (exact) mass is 467 g/mol. The summed E-state index contributed by atoms with van der Waals surface area (Å²) in [5.41, 5.74) is 8.20. The maximum Gasteiger partial charge on any atom is 0.189 e. The zero-order valence-corrected chi connectivity index (χ0v) is 17.1. The Morgan fingerprint density at radius 1 is 1.23 bits per heavy atom. The van der Waals surface area contributed by atoms with Gasteiger partial charge >= 0.3 is 0 Å². The summed E-state index contributed by atoms with van der Waals surface area (Å²) in [6.07, 6.45) is 8.03. The molecule has 26 heavy (non-hydrogen) atoms. The topological polar surface area (TPSA) is 77.5 Å². The van der Waals surface area contributed by atoms with Crippen LogP contribution in [-0.2, 0) is 6.54 Å². The molecule has 1 saturated carbocycles. The van der Waals surface area contributed by atoms with Gasteiger partial charge in [0.1, 0.15) is 5.75 Å². The second-order valence-corrected chi connectivity index (χ2v) is 6.80. The highest BCUT2D eigenvalue weighted by molar-refractivity contribution is 14.0. The molecule has 0 radical (unpaired) electrons. The molecule has 0 saturated heterocycles. The molecule has 6 nitrogen and oxygen atoms in total. The Morgan fingerprint density at radius 3 is 2.88 bits per heavy atom. The molecular weight excluding hydrogens is 441 g/mol. The van der Waals surface area contributed by atoms with E-state index in [9.17, 15) is 0 Å². The quantitative estimate of drug-likeness (QED) is 0.410. The van der Waals surface area contributed by atoms with Crippen LogP contribution in [0.25, 0.3) is 0 Å². The van der Waals surface area contributed by atoms with E-state index in [1.807, 2.05) is 24.3 Å². The number of aliphatic imine (C=N–C) groups is 1. The number of nitrogens with one attached hydrogen (secondary N) is 1. The van der Waals surface area contributed by atoms with E-state index in [1.54, 1.807) is 0 Å². The lowest BCUT2D eigenvalue weighted by Gasteiger charge is -2.26. The van der Waals surface area contributed by atoms with Crippen molar-refractivity contribution in [3.05, 3.63) is 47.8 Å². The molecule has 140 valence electrons. The first kappa shape index (κ1) is 19.0. The van der Waals surface area contributed by atoms with Gasteiger partial charge in [-0.2, -0.15) is 5.10 Å². The molecule has 4 rings (SSSR count). The average Bonchev–Trinajstić information content (AvgIpc) is 3.32. The second kappa shape index (κ2) is 8.75. The van der Waals surface area contributed by atoms with Gasteiger partial charge in [-0.1, -0.05) is 31.0 Å². The van der Waals surface area contributed by atoms with Gasteiger partial charge in [-0.05, 0) is 25.0 Å². The van der Waals surface area contributed by atoms with Gasteiger partial charge in [-0.3, -0.25) is 4.68 Å². The molecule has 2 aromatic rings. The van der Waals surface area contributed by atoms with Crippen LogP contribution in [0.1, 0.15) is 55.4 Å². The van der Waals surface area contributed by atoms with E-state index in [0.717, 1.165) is 23.4 Å². The summed E-state index contributed by atoms with van der Waals surface area (Å²) in [7, 11) is 0. The molecule has 1 fully saturated rings.